The molecule has 8 heteroatoms. The first kappa shape index (κ1) is 17.8. The minimum atomic E-state index is 0.0351. The highest BCUT2D eigenvalue weighted by molar-refractivity contribution is 5.62. The Balaban J connectivity index is 1.50. The van der Waals surface area contributed by atoms with E-state index in [-0.39, 0.29) is 11.8 Å². The average molecular weight is 373 g/mol. The van der Waals surface area contributed by atoms with E-state index in [0.717, 1.165) is 37.1 Å². The number of hydrogen-bond donors (Lipinski definition) is 2. The number of aromatic nitrogens is 4. The van der Waals surface area contributed by atoms with Gasteiger partial charge in [0, 0.05) is 48.5 Å². The SMILES string of the molecule is N#Cc1ncc(Nc2ncc(-c3cccnc3)cn2)cc1OC1CCCNC1. The second-order valence-corrected chi connectivity index (χ2v) is 6.43. The summed E-state index contributed by atoms with van der Waals surface area (Å²) < 4.78 is 6.00. The summed E-state index contributed by atoms with van der Waals surface area (Å²) in [5, 5.41) is 15.7. The highest BCUT2D eigenvalue weighted by Gasteiger charge is 2.17. The first-order valence-electron chi connectivity index (χ1n) is 9.09. The van der Waals surface area contributed by atoms with Crippen LogP contribution in [0.5, 0.6) is 5.75 Å². The Kier molecular flexibility index (Phi) is 5.36. The van der Waals surface area contributed by atoms with Gasteiger partial charge < -0.3 is 15.4 Å². The van der Waals surface area contributed by atoms with Crippen LogP contribution in [0.1, 0.15) is 18.5 Å². The first-order chi connectivity index (χ1) is 13.8. The Morgan fingerprint density at radius 2 is 2.04 bits per heavy atom. The van der Waals surface area contributed by atoms with Gasteiger partial charge in [-0.1, -0.05) is 6.07 Å². The zero-order valence-electron chi connectivity index (χ0n) is 15.2. The van der Waals surface area contributed by atoms with E-state index in [1.54, 1.807) is 37.1 Å². The monoisotopic (exact) mass is 373 g/mol. The summed E-state index contributed by atoms with van der Waals surface area (Å²) in [6.07, 6.45) is 10.6. The summed E-state index contributed by atoms with van der Waals surface area (Å²) in [6, 6.07) is 7.66. The van der Waals surface area contributed by atoms with E-state index in [4.69, 9.17) is 4.74 Å². The number of nitrogens with one attached hydrogen (secondary N) is 2. The van der Waals surface area contributed by atoms with Crippen molar-refractivity contribution >= 4 is 11.6 Å². The van der Waals surface area contributed by atoms with Crippen molar-refractivity contribution in [1.29, 1.82) is 5.26 Å². The number of pyridine rings is 2. The molecule has 1 fully saturated rings. The second-order valence-electron chi connectivity index (χ2n) is 6.43. The standard InChI is InChI=1S/C20H19N7O/c21-8-18-19(28-17-4-2-6-23-13-17)7-16(12-24-18)27-20-25-10-15(11-26-20)14-3-1-5-22-9-14/h1,3,5,7,9-12,17,23H,2,4,6,13H2,(H,25,26,27). The molecule has 0 bridgehead atoms. The van der Waals surface area contributed by atoms with Crippen molar-refractivity contribution in [3.8, 4) is 22.9 Å². The number of hydrogen-bond acceptors (Lipinski definition) is 8. The molecule has 1 aliphatic heterocycles. The van der Waals surface area contributed by atoms with Crippen LogP contribution in [-0.2, 0) is 0 Å². The minimum Gasteiger partial charge on any atom is -0.486 e. The van der Waals surface area contributed by atoms with Crippen LogP contribution in [0.25, 0.3) is 11.1 Å². The Bertz CT molecular complexity index is 964. The highest BCUT2D eigenvalue weighted by Crippen LogP contribution is 2.25. The van der Waals surface area contributed by atoms with Crippen molar-refractivity contribution in [2.24, 2.45) is 0 Å². The van der Waals surface area contributed by atoms with Crippen molar-refractivity contribution < 1.29 is 4.74 Å². The fourth-order valence-corrected chi connectivity index (χ4v) is 2.99. The molecule has 1 aliphatic rings. The quantitative estimate of drug-likeness (QED) is 0.703. The third kappa shape index (κ3) is 4.22. The van der Waals surface area contributed by atoms with Crippen molar-refractivity contribution in [3.05, 3.63) is 54.9 Å². The van der Waals surface area contributed by atoms with Gasteiger partial charge in [-0.15, -0.1) is 0 Å². The Morgan fingerprint density at radius 1 is 1.14 bits per heavy atom. The minimum absolute atomic E-state index is 0.0351. The van der Waals surface area contributed by atoms with Gasteiger partial charge in [0.1, 0.15) is 12.2 Å². The van der Waals surface area contributed by atoms with E-state index < -0.39 is 0 Å². The molecule has 4 heterocycles. The molecule has 0 aliphatic carbocycles. The van der Waals surface area contributed by atoms with Gasteiger partial charge in [-0.3, -0.25) is 4.98 Å². The molecule has 1 saturated heterocycles. The Hall–Kier alpha value is -3.57. The third-order valence-corrected chi connectivity index (χ3v) is 4.41. The number of ether oxygens (including phenoxy) is 1. The van der Waals surface area contributed by atoms with E-state index in [2.05, 4.69) is 36.6 Å². The first-order valence-corrected chi connectivity index (χ1v) is 9.09. The molecule has 3 aromatic rings. The van der Waals surface area contributed by atoms with Crippen LogP contribution in [-0.4, -0.2) is 39.1 Å². The molecule has 0 radical (unpaired) electrons. The predicted octanol–water partition coefficient (Wildman–Crippen LogP) is 2.68. The van der Waals surface area contributed by atoms with Gasteiger partial charge in [0.05, 0.1) is 11.9 Å². The molecule has 3 aromatic heterocycles. The lowest BCUT2D eigenvalue weighted by Gasteiger charge is -2.24. The van der Waals surface area contributed by atoms with E-state index in [1.807, 2.05) is 12.1 Å². The number of nitrogens with zero attached hydrogens (tertiary/aromatic N) is 5. The molecule has 28 heavy (non-hydrogen) atoms. The lowest BCUT2D eigenvalue weighted by atomic mass is 10.1. The molecule has 1 atom stereocenters. The maximum absolute atomic E-state index is 9.31. The van der Waals surface area contributed by atoms with Gasteiger partial charge in [0.2, 0.25) is 5.95 Å². The molecule has 140 valence electrons. The molecule has 0 spiro atoms. The van der Waals surface area contributed by atoms with Crippen molar-refractivity contribution in [1.82, 2.24) is 25.3 Å². The Labute approximate surface area is 162 Å². The fourth-order valence-electron chi connectivity index (χ4n) is 2.99. The number of piperidine rings is 1. The molecule has 8 nitrogen and oxygen atoms in total. The van der Waals surface area contributed by atoms with Crippen LogP contribution >= 0.6 is 0 Å². The summed E-state index contributed by atoms with van der Waals surface area (Å²) in [5.74, 6) is 0.901. The van der Waals surface area contributed by atoms with Gasteiger partial charge in [-0.2, -0.15) is 5.26 Å². The fraction of sp³-hybridized carbons (Fsp3) is 0.250. The van der Waals surface area contributed by atoms with Crippen molar-refractivity contribution in [2.45, 2.75) is 18.9 Å². The maximum Gasteiger partial charge on any atom is 0.227 e. The summed E-state index contributed by atoms with van der Waals surface area (Å²) in [6.45, 7) is 1.76. The van der Waals surface area contributed by atoms with E-state index in [0.29, 0.717) is 17.4 Å². The van der Waals surface area contributed by atoms with Crippen LogP contribution in [0.4, 0.5) is 11.6 Å². The Morgan fingerprint density at radius 3 is 2.75 bits per heavy atom. The van der Waals surface area contributed by atoms with Crippen molar-refractivity contribution in [2.75, 3.05) is 18.4 Å². The van der Waals surface area contributed by atoms with Crippen LogP contribution in [0.3, 0.4) is 0 Å². The van der Waals surface area contributed by atoms with Gasteiger partial charge in [0.25, 0.3) is 0 Å². The smallest absolute Gasteiger partial charge is 0.227 e. The van der Waals surface area contributed by atoms with Gasteiger partial charge in [0.15, 0.2) is 11.4 Å². The number of anilines is 2. The summed E-state index contributed by atoms with van der Waals surface area (Å²) >= 11 is 0. The highest BCUT2D eigenvalue weighted by atomic mass is 16.5. The maximum atomic E-state index is 9.31. The molecule has 0 aromatic carbocycles. The lowest BCUT2D eigenvalue weighted by Crippen LogP contribution is -2.37. The zero-order chi connectivity index (χ0) is 19.2. The number of nitriles is 1. The van der Waals surface area contributed by atoms with E-state index >= 15 is 0 Å². The van der Waals surface area contributed by atoms with Crippen LogP contribution < -0.4 is 15.4 Å². The molecule has 0 amide bonds. The normalized spacial score (nSPS) is 16.2. The second kappa shape index (κ2) is 8.41. The summed E-state index contributed by atoms with van der Waals surface area (Å²) in [4.78, 5) is 17.0. The van der Waals surface area contributed by atoms with Crippen LogP contribution in [0, 0.1) is 11.3 Å². The molecule has 4 rings (SSSR count). The molecule has 1 unspecified atom stereocenters. The summed E-state index contributed by atoms with van der Waals surface area (Å²) in [7, 11) is 0. The van der Waals surface area contributed by atoms with Gasteiger partial charge in [-0.05, 0) is 25.5 Å². The molecular formula is C20H19N7O. The van der Waals surface area contributed by atoms with E-state index in [9.17, 15) is 5.26 Å². The lowest BCUT2D eigenvalue weighted by molar-refractivity contribution is 0.166. The van der Waals surface area contributed by atoms with E-state index in [1.165, 1.54) is 0 Å². The van der Waals surface area contributed by atoms with Crippen LogP contribution in [0.2, 0.25) is 0 Å². The average Bonchev–Trinajstić information content (AvgIpc) is 2.76. The molecular weight excluding hydrogens is 354 g/mol. The van der Waals surface area contributed by atoms with Gasteiger partial charge in [-0.25, -0.2) is 15.0 Å². The van der Waals surface area contributed by atoms with Crippen LogP contribution in [0.15, 0.2) is 49.2 Å². The summed E-state index contributed by atoms with van der Waals surface area (Å²) in [5.41, 5.74) is 2.76. The predicted molar refractivity (Wildman–Crippen MR) is 104 cm³/mol. The van der Waals surface area contributed by atoms with Gasteiger partial charge >= 0.3 is 0 Å². The third-order valence-electron chi connectivity index (χ3n) is 4.41. The molecule has 2 N–H and O–H groups in total. The van der Waals surface area contributed by atoms with Crippen molar-refractivity contribution in [3.63, 3.8) is 0 Å². The number of rotatable bonds is 5. The zero-order valence-corrected chi connectivity index (χ0v) is 15.2. The largest absolute Gasteiger partial charge is 0.486 e. The molecule has 0 saturated carbocycles. The topological polar surface area (TPSA) is 109 Å².